The molecule has 4 atom stereocenters. The molecule has 0 unspecified atom stereocenters. The van der Waals surface area contributed by atoms with Gasteiger partial charge in [0.05, 0.1) is 12.9 Å². The monoisotopic (exact) mass is 403 g/mol. The summed E-state index contributed by atoms with van der Waals surface area (Å²) in [5.41, 5.74) is 9.99. The maximum Gasteiger partial charge on any atom is 0.165 e. The summed E-state index contributed by atoms with van der Waals surface area (Å²) in [5.74, 6) is 0.297. The number of hydrogen-bond donors (Lipinski definition) is 4. The summed E-state index contributed by atoms with van der Waals surface area (Å²) in [6, 6.07) is 6.16. The Kier molecular flexibility index (Phi) is 5.28. The van der Waals surface area contributed by atoms with Crippen LogP contribution in [0.25, 0.3) is 5.82 Å². The first-order chi connectivity index (χ1) is 13.9. The predicted octanol–water partition coefficient (Wildman–Crippen LogP) is -1.84. The maximum atomic E-state index is 10.3. The Morgan fingerprint density at radius 2 is 2.07 bits per heavy atom. The van der Waals surface area contributed by atoms with E-state index >= 15 is 0 Å². The lowest BCUT2D eigenvalue weighted by Crippen LogP contribution is -2.47. The van der Waals surface area contributed by atoms with Crippen molar-refractivity contribution in [2.45, 2.75) is 45.0 Å². The minimum Gasteiger partial charge on any atom is -0.394 e. The van der Waals surface area contributed by atoms with Crippen LogP contribution in [0.2, 0.25) is 0 Å². The van der Waals surface area contributed by atoms with Gasteiger partial charge in [-0.05, 0) is 25.0 Å². The van der Waals surface area contributed by atoms with E-state index in [0.717, 1.165) is 16.7 Å². The number of aliphatic hydroxyl groups is 3. The van der Waals surface area contributed by atoms with E-state index in [1.807, 2.05) is 26.0 Å². The summed E-state index contributed by atoms with van der Waals surface area (Å²) in [5, 5.41) is 31.4. The van der Waals surface area contributed by atoms with E-state index in [1.54, 1.807) is 0 Å². The average molecular weight is 403 g/mol. The van der Waals surface area contributed by atoms with Gasteiger partial charge < -0.3 is 25.8 Å². The molecule has 10 heteroatoms. The zero-order valence-corrected chi connectivity index (χ0v) is 16.3. The van der Waals surface area contributed by atoms with Gasteiger partial charge in [0.25, 0.3) is 0 Å². The normalized spacial score (nSPS) is 26.5. The lowest BCUT2D eigenvalue weighted by Gasteiger charge is -2.24. The van der Waals surface area contributed by atoms with Crippen molar-refractivity contribution in [3.8, 4) is 0 Å². The molecule has 0 aliphatic carbocycles. The van der Waals surface area contributed by atoms with Crippen LogP contribution >= 0.6 is 0 Å². The molecule has 0 radical (unpaired) electrons. The summed E-state index contributed by atoms with van der Waals surface area (Å²) in [4.78, 5) is 14.6. The van der Waals surface area contributed by atoms with E-state index in [4.69, 9.17) is 15.3 Å². The molecule has 1 saturated heterocycles. The highest BCUT2D eigenvalue weighted by molar-refractivity contribution is 5.35. The molecule has 0 bridgehead atoms. The van der Waals surface area contributed by atoms with Crippen molar-refractivity contribution >= 4 is 5.82 Å². The molecule has 5 N–H and O–H groups in total. The minimum atomic E-state index is -1.22. The number of aromatic nitrogens is 2. The Labute approximate surface area is 167 Å². The van der Waals surface area contributed by atoms with Gasteiger partial charge >= 0.3 is 0 Å². The second-order valence-electron chi connectivity index (χ2n) is 7.32. The maximum absolute atomic E-state index is 10.3. The molecule has 29 heavy (non-hydrogen) atoms. The topological polar surface area (TPSA) is 139 Å². The number of ether oxygens (including phenoxy) is 1. The van der Waals surface area contributed by atoms with Gasteiger partial charge in [0.15, 0.2) is 17.5 Å². The van der Waals surface area contributed by atoms with Gasteiger partial charge in [0.2, 0.25) is 0 Å². The molecule has 2 aliphatic rings. The number of hydroxylamine groups is 2. The van der Waals surface area contributed by atoms with E-state index < -0.39 is 31.1 Å². The van der Waals surface area contributed by atoms with Crippen LogP contribution in [-0.4, -0.2) is 61.5 Å². The molecule has 3 heterocycles. The summed E-state index contributed by atoms with van der Waals surface area (Å²) in [6.07, 6.45) is -2.78. The van der Waals surface area contributed by atoms with E-state index in [1.165, 1.54) is 16.0 Å². The summed E-state index contributed by atoms with van der Waals surface area (Å²) in [6.45, 7) is 4.12. The van der Waals surface area contributed by atoms with Crippen molar-refractivity contribution in [2.75, 3.05) is 13.3 Å². The molecule has 0 saturated carbocycles. The first-order valence-corrected chi connectivity index (χ1v) is 9.37. The number of nitrogens with two attached hydrogens (primary N) is 1. The predicted molar refractivity (Wildman–Crippen MR) is 101 cm³/mol. The summed E-state index contributed by atoms with van der Waals surface area (Å²) < 4.78 is 7.06. The molecule has 2 aromatic rings. The van der Waals surface area contributed by atoms with Crippen LogP contribution < -0.4 is 16.6 Å². The standard InChI is InChI=1S/C19H25N5O5/c1-10-3-4-11(2)12(5-10)7-28-24-9-22-18-14(17(24)20)21-8-23(18)19-16(27)15(26)13(6-25)29-19/h3-5,8,13,15-16,19,25-27H,6-7,9,20H2,1-2H3/t13-,15-,16-,19-/m1/s1. The third-order valence-corrected chi connectivity index (χ3v) is 5.30. The molecule has 1 aromatic heterocycles. The van der Waals surface area contributed by atoms with Crippen LogP contribution in [0.3, 0.4) is 0 Å². The highest BCUT2D eigenvalue weighted by Gasteiger charge is 2.43. The minimum absolute atomic E-state index is 0.143. The quantitative estimate of drug-likeness (QED) is 0.457. The number of aliphatic hydroxyl groups excluding tert-OH is 3. The zero-order valence-electron chi connectivity index (χ0n) is 16.3. The fourth-order valence-corrected chi connectivity index (χ4v) is 3.53. The van der Waals surface area contributed by atoms with Crippen molar-refractivity contribution in [1.29, 1.82) is 0 Å². The van der Waals surface area contributed by atoms with Crippen molar-refractivity contribution in [1.82, 2.24) is 14.6 Å². The third-order valence-electron chi connectivity index (χ3n) is 5.30. The Balaban J connectivity index is 1.57. The Hall–Kier alpha value is -2.50. The first-order valence-electron chi connectivity index (χ1n) is 9.37. The molecule has 4 rings (SSSR count). The smallest absolute Gasteiger partial charge is 0.165 e. The zero-order chi connectivity index (χ0) is 20.7. The number of imidazole rings is 1. The number of nitrogens with zero attached hydrogens (tertiary/aromatic N) is 4. The highest BCUT2D eigenvalue weighted by atomic mass is 16.7. The Morgan fingerprint density at radius 1 is 1.28 bits per heavy atom. The van der Waals surface area contributed by atoms with Crippen LogP contribution in [0.15, 0.2) is 29.5 Å². The molecule has 10 nitrogen and oxygen atoms in total. The van der Waals surface area contributed by atoms with E-state index in [9.17, 15) is 15.3 Å². The second kappa shape index (κ2) is 7.73. The molecular weight excluding hydrogens is 378 g/mol. The Bertz CT molecular complexity index is 1020. The molecule has 0 amide bonds. The van der Waals surface area contributed by atoms with Crippen molar-refractivity contribution in [3.05, 3.63) is 52.1 Å². The van der Waals surface area contributed by atoms with Crippen molar-refractivity contribution in [3.63, 3.8) is 0 Å². The molecule has 0 spiro atoms. The molecule has 1 aromatic carbocycles. The van der Waals surface area contributed by atoms with Crippen LogP contribution in [0.5, 0.6) is 0 Å². The largest absolute Gasteiger partial charge is 0.394 e. The van der Waals surface area contributed by atoms with Gasteiger partial charge in [-0.15, -0.1) is 0 Å². The number of aryl methyl sites for hydroxylation is 2. The lowest BCUT2D eigenvalue weighted by atomic mass is 10.1. The van der Waals surface area contributed by atoms with Gasteiger partial charge in [0, 0.05) is 0 Å². The number of benzene rings is 1. The highest BCUT2D eigenvalue weighted by Crippen LogP contribution is 2.27. The summed E-state index contributed by atoms with van der Waals surface area (Å²) >= 11 is 0. The third kappa shape index (κ3) is 3.49. The molecule has 156 valence electrons. The van der Waals surface area contributed by atoms with Gasteiger partial charge in [0.1, 0.15) is 36.9 Å². The van der Waals surface area contributed by atoms with Crippen LogP contribution in [0, 0.1) is 13.8 Å². The lowest BCUT2D eigenvalue weighted by molar-refractivity contribution is -0.124. The number of rotatable bonds is 5. The van der Waals surface area contributed by atoms with Gasteiger partial charge in [-0.3, -0.25) is 9.40 Å². The molecular formula is C19H25N5O5. The van der Waals surface area contributed by atoms with E-state index in [-0.39, 0.29) is 6.67 Å². The van der Waals surface area contributed by atoms with Crippen molar-refractivity contribution < 1.29 is 24.9 Å². The molecule has 1 fully saturated rings. The van der Waals surface area contributed by atoms with Gasteiger partial charge in [-0.2, -0.15) is 0 Å². The van der Waals surface area contributed by atoms with Crippen LogP contribution in [0.1, 0.15) is 22.9 Å². The summed E-state index contributed by atoms with van der Waals surface area (Å²) in [7, 11) is 0. The first kappa shape index (κ1) is 19.8. The van der Waals surface area contributed by atoms with E-state index in [0.29, 0.717) is 23.3 Å². The van der Waals surface area contributed by atoms with E-state index in [2.05, 4.69) is 16.0 Å². The van der Waals surface area contributed by atoms with Crippen LogP contribution in [-0.2, 0) is 16.2 Å². The number of fused-ring (bicyclic) bond motifs is 1. The average Bonchev–Trinajstić information content (AvgIpc) is 3.25. The fourth-order valence-electron chi connectivity index (χ4n) is 3.53. The van der Waals surface area contributed by atoms with Crippen molar-refractivity contribution in [2.24, 2.45) is 10.7 Å². The second-order valence-corrected chi connectivity index (χ2v) is 7.32. The SMILES string of the molecule is Cc1ccc(C)c(CON2CN=c3c(ncn3[C@@H]3O[C@H](CO)[C@@H](O)[C@H]3O)=C2N)c1. The Morgan fingerprint density at radius 3 is 2.79 bits per heavy atom. The van der Waals surface area contributed by atoms with Gasteiger partial charge in [-0.1, -0.05) is 23.8 Å². The van der Waals surface area contributed by atoms with Gasteiger partial charge in [-0.25, -0.2) is 15.0 Å². The molecule has 2 aliphatic heterocycles. The van der Waals surface area contributed by atoms with Crippen LogP contribution in [0.4, 0.5) is 0 Å². The number of hydrogen-bond acceptors (Lipinski definition) is 9. The fraction of sp³-hybridized carbons (Fsp3) is 0.474.